The van der Waals surface area contributed by atoms with Crippen LogP contribution in [0.1, 0.15) is 35.3 Å². The molecule has 4 heteroatoms. The first kappa shape index (κ1) is 13.9. The lowest BCUT2D eigenvalue weighted by Crippen LogP contribution is -2.20. The van der Waals surface area contributed by atoms with Crippen molar-refractivity contribution in [2.45, 2.75) is 19.3 Å². The molecule has 0 aliphatic heterocycles. The van der Waals surface area contributed by atoms with Crippen molar-refractivity contribution in [1.29, 1.82) is 5.26 Å². The first-order chi connectivity index (χ1) is 9.72. The molecule has 0 fully saturated rings. The van der Waals surface area contributed by atoms with Gasteiger partial charge in [-0.3, -0.25) is 9.36 Å². The predicted octanol–water partition coefficient (Wildman–Crippen LogP) is 3.20. The van der Waals surface area contributed by atoms with Crippen LogP contribution in [-0.2, 0) is 0 Å². The molecule has 2 aromatic rings. The van der Waals surface area contributed by atoms with E-state index in [-0.39, 0.29) is 11.8 Å². The molecule has 0 aliphatic carbocycles. The fourth-order valence-electron chi connectivity index (χ4n) is 2.31. The molecule has 0 saturated carbocycles. The van der Waals surface area contributed by atoms with E-state index in [4.69, 9.17) is 10.00 Å². The molecule has 1 aromatic carbocycles. The summed E-state index contributed by atoms with van der Waals surface area (Å²) in [7, 11) is 1.59. The van der Waals surface area contributed by atoms with Crippen molar-refractivity contribution in [2.24, 2.45) is 0 Å². The van der Waals surface area contributed by atoms with E-state index >= 15 is 0 Å². The second-order valence-corrected chi connectivity index (χ2v) is 4.42. The molecular weight excluding hydrogens is 252 g/mol. The number of nitrogens with zero attached hydrogens (tertiary/aromatic N) is 2. The molecule has 0 spiro atoms. The highest BCUT2D eigenvalue weighted by atomic mass is 16.5. The van der Waals surface area contributed by atoms with Gasteiger partial charge in [0.1, 0.15) is 17.5 Å². The summed E-state index contributed by atoms with van der Waals surface area (Å²) in [4.78, 5) is 12.6. The van der Waals surface area contributed by atoms with Crippen molar-refractivity contribution in [3.63, 3.8) is 0 Å². The van der Waals surface area contributed by atoms with E-state index in [0.717, 1.165) is 5.56 Å². The summed E-state index contributed by atoms with van der Waals surface area (Å²) in [5.41, 5.74) is 1.20. The molecule has 2 rings (SSSR count). The fraction of sp³-hybridized carbons (Fsp3) is 0.250. The van der Waals surface area contributed by atoms with Crippen LogP contribution < -0.4 is 4.74 Å². The highest BCUT2D eigenvalue weighted by Gasteiger charge is 2.24. The van der Waals surface area contributed by atoms with Crippen LogP contribution in [0.4, 0.5) is 0 Å². The number of methoxy groups -OCH3 is 1. The van der Waals surface area contributed by atoms with Crippen molar-refractivity contribution >= 4 is 5.91 Å². The SMILES string of the molecule is CCC(C(=O)n1cccc1C#N)c1ccccc1OC. The van der Waals surface area contributed by atoms with Gasteiger partial charge in [0.05, 0.1) is 13.0 Å². The number of rotatable bonds is 4. The second kappa shape index (κ2) is 6.07. The summed E-state index contributed by atoms with van der Waals surface area (Å²) in [5.74, 6) is 0.252. The number of carbonyl (C=O) groups is 1. The zero-order valence-electron chi connectivity index (χ0n) is 11.5. The van der Waals surface area contributed by atoms with Crippen LogP contribution in [0.5, 0.6) is 5.75 Å². The smallest absolute Gasteiger partial charge is 0.239 e. The minimum Gasteiger partial charge on any atom is -0.496 e. The van der Waals surface area contributed by atoms with Crippen molar-refractivity contribution in [3.05, 3.63) is 53.9 Å². The third-order valence-corrected chi connectivity index (χ3v) is 3.32. The average Bonchev–Trinajstić information content (AvgIpc) is 2.96. The maximum atomic E-state index is 12.6. The molecule has 1 atom stereocenters. The van der Waals surface area contributed by atoms with E-state index in [1.807, 2.05) is 37.3 Å². The monoisotopic (exact) mass is 268 g/mol. The molecule has 0 amide bonds. The van der Waals surface area contributed by atoms with Gasteiger partial charge in [-0.2, -0.15) is 5.26 Å². The van der Waals surface area contributed by atoms with Crippen LogP contribution >= 0.6 is 0 Å². The summed E-state index contributed by atoms with van der Waals surface area (Å²) < 4.78 is 6.73. The largest absolute Gasteiger partial charge is 0.496 e. The first-order valence-corrected chi connectivity index (χ1v) is 6.47. The highest BCUT2D eigenvalue weighted by Crippen LogP contribution is 2.30. The predicted molar refractivity (Wildman–Crippen MR) is 75.8 cm³/mol. The molecule has 1 aromatic heterocycles. The van der Waals surface area contributed by atoms with Crippen molar-refractivity contribution in [2.75, 3.05) is 7.11 Å². The quantitative estimate of drug-likeness (QED) is 0.855. The minimum absolute atomic E-state index is 0.112. The third kappa shape index (κ3) is 2.43. The summed E-state index contributed by atoms with van der Waals surface area (Å²) in [6, 6.07) is 12.8. The molecular formula is C16H16N2O2. The van der Waals surface area contributed by atoms with Crippen LogP contribution in [-0.4, -0.2) is 17.6 Å². The second-order valence-electron chi connectivity index (χ2n) is 4.42. The highest BCUT2D eigenvalue weighted by molar-refractivity contribution is 5.87. The van der Waals surface area contributed by atoms with Gasteiger partial charge in [0.2, 0.25) is 5.91 Å². The zero-order valence-corrected chi connectivity index (χ0v) is 11.5. The normalized spacial score (nSPS) is 11.7. The average molecular weight is 268 g/mol. The van der Waals surface area contributed by atoms with E-state index in [9.17, 15) is 4.79 Å². The number of hydrogen-bond acceptors (Lipinski definition) is 3. The summed E-state index contributed by atoms with van der Waals surface area (Å²) in [6.45, 7) is 1.95. The Morgan fingerprint density at radius 2 is 2.10 bits per heavy atom. The Morgan fingerprint density at radius 3 is 2.75 bits per heavy atom. The van der Waals surface area contributed by atoms with Crippen LogP contribution in [0, 0.1) is 11.3 Å². The fourth-order valence-corrected chi connectivity index (χ4v) is 2.31. The van der Waals surface area contributed by atoms with E-state index in [0.29, 0.717) is 17.9 Å². The van der Waals surface area contributed by atoms with Crippen molar-refractivity contribution in [3.8, 4) is 11.8 Å². The van der Waals surface area contributed by atoms with Crippen molar-refractivity contribution in [1.82, 2.24) is 4.57 Å². The molecule has 102 valence electrons. The number of benzene rings is 1. The lowest BCUT2D eigenvalue weighted by Gasteiger charge is -2.18. The maximum absolute atomic E-state index is 12.6. The maximum Gasteiger partial charge on any atom is 0.239 e. The Balaban J connectivity index is 2.43. The molecule has 0 aliphatic rings. The van der Waals surface area contributed by atoms with Crippen molar-refractivity contribution < 1.29 is 9.53 Å². The Hall–Kier alpha value is -2.54. The van der Waals surface area contributed by atoms with E-state index in [1.54, 1.807) is 25.4 Å². The Morgan fingerprint density at radius 1 is 1.35 bits per heavy atom. The zero-order chi connectivity index (χ0) is 14.5. The molecule has 0 saturated heterocycles. The Kier molecular flexibility index (Phi) is 4.21. The Bertz CT molecular complexity index is 652. The standard InChI is InChI=1S/C16H16N2O2/c1-3-13(14-8-4-5-9-15(14)20-2)16(19)18-10-6-7-12(18)11-17/h4-10,13H,3H2,1-2H3. The van der Waals surface area contributed by atoms with Gasteiger partial charge in [-0.1, -0.05) is 25.1 Å². The Labute approximate surface area is 118 Å². The number of nitriles is 1. The van der Waals surface area contributed by atoms with Gasteiger partial charge in [0.15, 0.2) is 0 Å². The lowest BCUT2D eigenvalue weighted by molar-refractivity contribution is 0.0873. The number of ether oxygens (including phenoxy) is 1. The molecule has 0 radical (unpaired) electrons. The van der Waals surface area contributed by atoms with Gasteiger partial charge in [0.25, 0.3) is 0 Å². The van der Waals surface area contributed by atoms with Gasteiger partial charge in [0, 0.05) is 11.8 Å². The molecule has 0 N–H and O–H groups in total. The van der Waals surface area contributed by atoms with Crippen LogP contribution in [0.25, 0.3) is 0 Å². The third-order valence-electron chi connectivity index (χ3n) is 3.32. The summed E-state index contributed by atoms with van der Waals surface area (Å²) >= 11 is 0. The number of carbonyl (C=O) groups excluding carboxylic acids is 1. The van der Waals surface area contributed by atoms with Gasteiger partial charge in [-0.25, -0.2) is 0 Å². The number of aromatic nitrogens is 1. The van der Waals surface area contributed by atoms with Crippen LogP contribution in [0.2, 0.25) is 0 Å². The van der Waals surface area contributed by atoms with E-state index in [1.165, 1.54) is 4.57 Å². The van der Waals surface area contributed by atoms with Gasteiger partial charge in [-0.15, -0.1) is 0 Å². The van der Waals surface area contributed by atoms with Gasteiger partial charge >= 0.3 is 0 Å². The van der Waals surface area contributed by atoms with E-state index in [2.05, 4.69) is 0 Å². The molecule has 1 unspecified atom stereocenters. The molecule has 20 heavy (non-hydrogen) atoms. The molecule has 1 heterocycles. The number of para-hydroxylation sites is 1. The number of hydrogen-bond donors (Lipinski definition) is 0. The first-order valence-electron chi connectivity index (χ1n) is 6.47. The summed E-state index contributed by atoms with van der Waals surface area (Å²) in [5, 5.41) is 9.03. The molecule has 4 nitrogen and oxygen atoms in total. The molecule has 0 bridgehead atoms. The van der Waals surface area contributed by atoms with E-state index < -0.39 is 0 Å². The van der Waals surface area contributed by atoms with Gasteiger partial charge < -0.3 is 4.74 Å². The summed E-state index contributed by atoms with van der Waals surface area (Å²) in [6.07, 6.45) is 2.27. The lowest BCUT2D eigenvalue weighted by atomic mass is 9.94. The van der Waals surface area contributed by atoms with Crippen LogP contribution in [0.3, 0.4) is 0 Å². The minimum atomic E-state index is -0.328. The topological polar surface area (TPSA) is 55.0 Å². The van der Waals surface area contributed by atoms with Gasteiger partial charge in [-0.05, 0) is 24.6 Å². The van der Waals surface area contributed by atoms with Crippen LogP contribution in [0.15, 0.2) is 42.6 Å².